The Labute approximate surface area is 184 Å². The van der Waals surface area contributed by atoms with Gasteiger partial charge in [-0.3, -0.25) is 4.79 Å². The first-order valence-corrected chi connectivity index (χ1v) is 10.5. The number of hydrogen-bond donors (Lipinski definition) is 2. The molecule has 0 unspecified atom stereocenters. The SMILES string of the molecule is O=C(N/N=C\c1ccc(Sc2ccccc2)o1)C(O)(c1ccccc1)c1ccccc1. The van der Waals surface area contributed by atoms with Crippen LogP contribution in [0.1, 0.15) is 16.9 Å². The van der Waals surface area contributed by atoms with Gasteiger partial charge in [0.05, 0.1) is 6.21 Å². The van der Waals surface area contributed by atoms with Gasteiger partial charge < -0.3 is 9.52 Å². The molecule has 0 atom stereocenters. The molecule has 0 radical (unpaired) electrons. The number of furan rings is 1. The molecule has 0 fully saturated rings. The van der Waals surface area contributed by atoms with Gasteiger partial charge in [-0.1, -0.05) is 90.6 Å². The van der Waals surface area contributed by atoms with Crippen LogP contribution < -0.4 is 5.43 Å². The molecule has 0 bridgehead atoms. The highest BCUT2D eigenvalue weighted by Crippen LogP contribution is 2.30. The van der Waals surface area contributed by atoms with E-state index in [1.54, 1.807) is 54.6 Å². The average molecular weight is 429 g/mol. The monoisotopic (exact) mass is 428 g/mol. The molecule has 1 aromatic heterocycles. The molecule has 6 heteroatoms. The summed E-state index contributed by atoms with van der Waals surface area (Å²) in [6.07, 6.45) is 1.41. The van der Waals surface area contributed by atoms with Crippen molar-refractivity contribution >= 4 is 23.9 Å². The molecular weight excluding hydrogens is 408 g/mol. The second kappa shape index (κ2) is 9.47. The Morgan fingerprint density at radius 1 is 0.839 bits per heavy atom. The van der Waals surface area contributed by atoms with Crippen molar-refractivity contribution in [2.45, 2.75) is 15.6 Å². The molecule has 2 N–H and O–H groups in total. The van der Waals surface area contributed by atoms with Gasteiger partial charge in [-0.25, -0.2) is 5.43 Å². The zero-order valence-corrected chi connectivity index (χ0v) is 17.3. The molecule has 5 nitrogen and oxygen atoms in total. The maximum absolute atomic E-state index is 13.0. The first-order chi connectivity index (χ1) is 15.2. The number of hydrazone groups is 1. The Balaban J connectivity index is 1.49. The van der Waals surface area contributed by atoms with Crippen LogP contribution in [-0.4, -0.2) is 17.2 Å². The molecule has 31 heavy (non-hydrogen) atoms. The number of carbonyl (C=O) groups is 1. The predicted octanol–water partition coefficient (Wildman–Crippen LogP) is 4.82. The molecule has 0 saturated carbocycles. The Morgan fingerprint density at radius 3 is 1.97 bits per heavy atom. The zero-order chi connectivity index (χ0) is 21.5. The molecule has 0 aliphatic rings. The number of hydrogen-bond acceptors (Lipinski definition) is 5. The Morgan fingerprint density at radius 2 is 1.39 bits per heavy atom. The summed E-state index contributed by atoms with van der Waals surface area (Å²) in [5, 5.41) is 16.1. The molecule has 1 amide bonds. The highest BCUT2D eigenvalue weighted by atomic mass is 32.2. The topological polar surface area (TPSA) is 74.8 Å². The number of rotatable bonds is 7. The summed E-state index contributed by atoms with van der Waals surface area (Å²) >= 11 is 1.49. The quantitative estimate of drug-likeness (QED) is 0.327. The minimum absolute atomic E-state index is 0.452. The van der Waals surface area contributed by atoms with Crippen molar-refractivity contribution in [1.82, 2.24) is 5.43 Å². The summed E-state index contributed by atoms with van der Waals surface area (Å²) in [6, 6.07) is 31.0. The van der Waals surface area contributed by atoms with Crippen LogP contribution in [0.3, 0.4) is 0 Å². The molecule has 3 aromatic carbocycles. The van der Waals surface area contributed by atoms with E-state index in [9.17, 15) is 9.90 Å². The Kier molecular flexibility index (Phi) is 6.31. The summed E-state index contributed by atoms with van der Waals surface area (Å²) < 4.78 is 5.72. The predicted molar refractivity (Wildman–Crippen MR) is 121 cm³/mol. The van der Waals surface area contributed by atoms with E-state index in [2.05, 4.69) is 10.5 Å². The lowest BCUT2D eigenvalue weighted by Gasteiger charge is -2.26. The summed E-state index contributed by atoms with van der Waals surface area (Å²) in [7, 11) is 0. The second-order valence-corrected chi connectivity index (χ2v) is 7.79. The van der Waals surface area contributed by atoms with E-state index < -0.39 is 11.5 Å². The minimum Gasteiger partial charge on any atom is -0.448 e. The second-order valence-electron chi connectivity index (χ2n) is 6.71. The van der Waals surface area contributed by atoms with Gasteiger partial charge in [0.1, 0.15) is 5.76 Å². The molecule has 4 aromatic rings. The first kappa shape index (κ1) is 20.7. The van der Waals surface area contributed by atoms with E-state index in [1.807, 2.05) is 48.5 Å². The van der Waals surface area contributed by atoms with Gasteiger partial charge in [-0.15, -0.1) is 0 Å². The highest BCUT2D eigenvalue weighted by Gasteiger charge is 2.39. The van der Waals surface area contributed by atoms with Crippen LogP contribution >= 0.6 is 11.8 Å². The van der Waals surface area contributed by atoms with Crippen molar-refractivity contribution < 1.29 is 14.3 Å². The van der Waals surface area contributed by atoms with E-state index in [0.717, 1.165) is 4.90 Å². The Hall–Kier alpha value is -3.61. The number of aliphatic hydroxyl groups is 1. The van der Waals surface area contributed by atoms with Gasteiger partial charge in [-0.05, 0) is 35.4 Å². The summed E-state index contributed by atoms with van der Waals surface area (Å²) in [6.45, 7) is 0. The third kappa shape index (κ3) is 4.77. The van der Waals surface area contributed by atoms with Gasteiger partial charge in [0.2, 0.25) is 0 Å². The van der Waals surface area contributed by atoms with Crippen LogP contribution in [0.25, 0.3) is 0 Å². The largest absolute Gasteiger partial charge is 0.448 e. The summed E-state index contributed by atoms with van der Waals surface area (Å²) in [4.78, 5) is 14.1. The van der Waals surface area contributed by atoms with Crippen LogP contribution in [0, 0.1) is 0 Å². The fourth-order valence-corrected chi connectivity index (χ4v) is 3.89. The van der Waals surface area contributed by atoms with Crippen LogP contribution in [0.2, 0.25) is 0 Å². The average Bonchev–Trinajstić information content (AvgIpc) is 3.27. The smallest absolute Gasteiger partial charge is 0.281 e. The van der Waals surface area contributed by atoms with Crippen molar-refractivity contribution in [3.8, 4) is 0 Å². The van der Waals surface area contributed by atoms with E-state index in [4.69, 9.17) is 4.42 Å². The summed E-state index contributed by atoms with van der Waals surface area (Å²) in [5.41, 5.74) is 1.47. The maximum atomic E-state index is 13.0. The van der Waals surface area contributed by atoms with Crippen molar-refractivity contribution in [2.24, 2.45) is 5.10 Å². The van der Waals surface area contributed by atoms with Crippen molar-refractivity contribution in [1.29, 1.82) is 0 Å². The van der Waals surface area contributed by atoms with Crippen LogP contribution in [-0.2, 0) is 10.4 Å². The highest BCUT2D eigenvalue weighted by molar-refractivity contribution is 7.99. The van der Waals surface area contributed by atoms with Crippen LogP contribution in [0.15, 0.2) is 123 Å². The van der Waals surface area contributed by atoms with Crippen molar-refractivity contribution in [2.75, 3.05) is 0 Å². The number of carbonyl (C=O) groups excluding carboxylic acids is 1. The fourth-order valence-electron chi connectivity index (χ4n) is 3.09. The molecule has 4 rings (SSSR count). The van der Waals surface area contributed by atoms with E-state index in [1.165, 1.54) is 18.0 Å². The fraction of sp³-hybridized carbons (Fsp3) is 0.0400. The number of nitrogens with one attached hydrogen (secondary N) is 1. The lowest BCUT2D eigenvalue weighted by molar-refractivity contribution is -0.136. The zero-order valence-electron chi connectivity index (χ0n) is 16.5. The first-order valence-electron chi connectivity index (χ1n) is 9.66. The maximum Gasteiger partial charge on any atom is 0.281 e. The lowest BCUT2D eigenvalue weighted by Crippen LogP contribution is -2.43. The van der Waals surface area contributed by atoms with Crippen molar-refractivity contribution in [3.05, 3.63) is 120 Å². The Bertz CT molecular complexity index is 1120. The molecule has 0 aliphatic heterocycles. The minimum atomic E-state index is -1.88. The van der Waals surface area contributed by atoms with E-state index in [-0.39, 0.29) is 0 Å². The number of benzene rings is 3. The standard InChI is InChI=1S/C25H20N2O3S/c28-24(25(29,19-10-4-1-5-11-19)20-12-6-2-7-13-20)27-26-18-21-16-17-23(30-21)31-22-14-8-3-9-15-22/h1-18,29H,(H,27,28)/b26-18-. The van der Waals surface area contributed by atoms with Gasteiger partial charge in [0, 0.05) is 4.90 Å². The molecule has 0 spiro atoms. The molecule has 0 aliphatic carbocycles. The van der Waals surface area contributed by atoms with Crippen LogP contribution in [0.4, 0.5) is 0 Å². The van der Waals surface area contributed by atoms with Crippen LogP contribution in [0.5, 0.6) is 0 Å². The molecule has 154 valence electrons. The van der Waals surface area contributed by atoms with E-state index in [0.29, 0.717) is 22.0 Å². The van der Waals surface area contributed by atoms with Gasteiger partial charge in [-0.2, -0.15) is 5.10 Å². The molecular formula is C25H20N2O3S. The lowest BCUT2D eigenvalue weighted by atomic mass is 9.85. The normalized spacial score (nSPS) is 11.5. The third-order valence-corrected chi connectivity index (χ3v) is 5.56. The van der Waals surface area contributed by atoms with Gasteiger partial charge in [0.15, 0.2) is 10.7 Å². The van der Waals surface area contributed by atoms with Crippen molar-refractivity contribution in [3.63, 3.8) is 0 Å². The van der Waals surface area contributed by atoms with Gasteiger partial charge >= 0.3 is 0 Å². The number of nitrogens with zero attached hydrogens (tertiary/aromatic N) is 1. The van der Waals surface area contributed by atoms with Gasteiger partial charge in [0.25, 0.3) is 5.91 Å². The number of amides is 1. The summed E-state index contributed by atoms with van der Waals surface area (Å²) in [5.74, 6) is -0.173. The molecule has 0 saturated heterocycles. The molecule has 1 heterocycles. The third-order valence-electron chi connectivity index (χ3n) is 4.63. The van der Waals surface area contributed by atoms with E-state index >= 15 is 0 Å².